The van der Waals surface area contributed by atoms with Crippen molar-refractivity contribution in [2.24, 2.45) is 0 Å². The van der Waals surface area contributed by atoms with Gasteiger partial charge < -0.3 is 0 Å². The minimum atomic E-state index is -0.436. The number of nitrogens with zero attached hydrogens (tertiary/aromatic N) is 2. The Bertz CT molecular complexity index is 597. The van der Waals surface area contributed by atoms with Gasteiger partial charge in [0.1, 0.15) is 0 Å². The molecule has 0 spiro atoms. The summed E-state index contributed by atoms with van der Waals surface area (Å²) in [4.78, 5) is 14.5. The predicted octanol–water partition coefficient (Wildman–Crippen LogP) is 3.73. The molecule has 1 heterocycles. The van der Waals surface area contributed by atoms with Crippen LogP contribution in [0.4, 0.5) is 5.69 Å². The van der Waals surface area contributed by atoms with E-state index in [1.165, 1.54) is 6.07 Å². The highest BCUT2D eigenvalue weighted by Gasteiger charge is 2.11. The number of aromatic nitrogens is 1. The summed E-state index contributed by atoms with van der Waals surface area (Å²) < 4.78 is 0. The molecule has 0 saturated heterocycles. The zero-order chi connectivity index (χ0) is 13.0. The lowest BCUT2D eigenvalue weighted by atomic mass is 10.1. The van der Waals surface area contributed by atoms with Crippen LogP contribution in [0.2, 0.25) is 0 Å². The van der Waals surface area contributed by atoms with Gasteiger partial charge in [-0.1, -0.05) is 29.8 Å². The van der Waals surface area contributed by atoms with Crippen LogP contribution in [-0.4, -0.2) is 9.91 Å². The highest BCUT2D eigenvalue weighted by molar-refractivity contribution is 6.51. The van der Waals surface area contributed by atoms with Gasteiger partial charge in [-0.15, -0.1) is 0 Å². The van der Waals surface area contributed by atoms with Crippen LogP contribution >= 0.6 is 11.6 Å². The van der Waals surface area contributed by atoms with Crippen molar-refractivity contribution in [2.75, 3.05) is 0 Å². The molecule has 0 amide bonds. The second-order valence-corrected chi connectivity index (χ2v) is 3.93. The van der Waals surface area contributed by atoms with Crippen LogP contribution < -0.4 is 0 Å². The van der Waals surface area contributed by atoms with Crippen LogP contribution in [0.1, 0.15) is 11.3 Å². The third-order valence-electron chi connectivity index (χ3n) is 2.33. The lowest BCUT2D eigenvalue weighted by molar-refractivity contribution is -0.385. The molecule has 4 nitrogen and oxygen atoms in total. The molecule has 0 atom stereocenters. The molecular formula is C13H9ClN2O2. The molecule has 0 saturated carbocycles. The van der Waals surface area contributed by atoms with Crippen molar-refractivity contribution in [3.8, 4) is 0 Å². The van der Waals surface area contributed by atoms with E-state index in [9.17, 15) is 10.1 Å². The quantitative estimate of drug-likeness (QED) is 0.624. The number of halogens is 1. The average molecular weight is 261 g/mol. The lowest BCUT2D eigenvalue weighted by Crippen LogP contribution is -1.91. The highest BCUT2D eigenvalue weighted by atomic mass is 35.5. The molecule has 0 aliphatic rings. The Hall–Kier alpha value is -2.20. The largest absolute Gasteiger partial charge is 0.276 e. The first-order valence-electron chi connectivity index (χ1n) is 5.20. The van der Waals surface area contributed by atoms with Crippen LogP contribution in [0.3, 0.4) is 0 Å². The van der Waals surface area contributed by atoms with E-state index in [4.69, 9.17) is 11.6 Å². The van der Waals surface area contributed by atoms with Crippen LogP contribution in [0.15, 0.2) is 48.7 Å². The first-order valence-corrected chi connectivity index (χ1v) is 5.58. The fraction of sp³-hybridized carbons (Fsp3) is 0. The van der Waals surface area contributed by atoms with Crippen LogP contribution in [-0.2, 0) is 0 Å². The summed E-state index contributed by atoms with van der Waals surface area (Å²) in [5.41, 5.74) is 1.06. The molecule has 2 aromatic rings. The molecule has 90 valence electrons. The maximum atomic E-state index is 10.9. The topological polar surface area (TPSA) is 56.0 Å². The van der Waals surface area contributed by atoms with E-state index in [0.29, 0.717) is 16.3 Å². The molecule has 0 radical (unpaired) electrons. The Balaban J connectivity index is 2.42. The molecule has 18 heavy (non-hydrogen) atoms. The van der Waals surface area contributed by atoms with Gasteiger partial charge in [-0.05, 0) is 24.3 Å². The summed E-state index contributed by atoms with van der Waals surface area (Å²) in [7, 11) is 0. The van der Waals surface area contributed by atoms with Gasteiger partial charge in [0.2, 0.25) is 0 Å². The van der Waals surface area contributed by atoms with Gasteiger partial charge >= 0.3 is 0 Å². The molecule has 0 unspecified atom stereocenters. The molecule has 1 aromatic carbocycles. The van der Waals surface area contributed by atoms with Crippen molar-refractivity contribution in [1.82, 2.24) is 4.98 Å². The smallest absolute Gasteiger partial charge is 0.258 e. The standard InChI is InChI=1S/C13H9ClN2O2/c14-11(12-6-3-4-8-15-12)9-10-5-1-2-7-13(10)16(17)18/h1-9H/b11-9+. The zero-order valence-electron chi connectivity index (χ0n) is 9.29. The van der Waals surface area contributed by atoms with E-state index in [0.717, 1.165) is 0 Å². The zero-order valence-corrected chi connectivity index (χ0v) is 10.0. The number of para-hydroxylation sites is 1. The second kappa shape index (κ2) is 5.42. The van der Waals surface area contributed by atoms with Gasteiger partial charge in [0.05, 0.1) is 21.2 Å². The minimum absolute atomic E-state index is 0.0200. The van der Waals surface area contributed by atoms with Crippen molar-refractivity contribution in [2.45, 2.75) is 0 Å². The number of rotatable bonds is 3. The van der Waals surface area contributed by atoms with Crippen molar-refractivity contribution >= 4 is 28.4 Å². The Kier molecular flexibility index (Phi) is 3.69. The lowest BCUT2D eigenvalue weighted by Gasteiger charge is -1.99. The summed E-state index contributed by atoms with van der Waals surface area (Å²) in [6.45, 7) is 0. The van der Waals surface area contributed by atoms with E-state index in [2.05, 4.69) is 4.98 Å². The molecule has 2 rings (SSSR count). The maximum Gasteiger partial charge on any atom is 0.276 e. The summed E-state index contributed by atoms with van der Waals surface area (Å²) in [5, 5.41) is 11.2. The third-order valence-corrected chi connectivity index (χ3v) is 2.63. The summed E-state index contributed by atoms with van der Waals surface area (Å²) in [6, 6.07) is 11.7. The predicted molar refractivity (Wildman–Crippen MR) is 71.1 cm³/mol. The molecule has 1 aromatic heterocycles. The summed E-state index contributed by atoms with van der Waals surface area (Å²) in [6.07, 6.45) is 3.16. The van der Waals surface area contributed by atoms with E-state index >= 15 is 0 Å². The Morgan fingerprint density at radius 1 is 1.22 bits per heavy atom. The molecule has 0 bridgehead atoms. The van der Waals surface area contributed by atoms with Crippen molar-refractivity contribution < 1.29 is 4.92 Å². The van der Waals surface area contributed by atoms with Crippen LogP contribution in [0.25, 0.3) is 11.1 Å². The summed E-state index contributed by atoms with van der Waals surface area (Å²) in [5.74, 6) is 0. The monoisotopic (exact) mass is 260 g/mol. The van der Waals surface area contributed by atoms with Gasteiger partial charge in [0.25, 0.3) is 5.69 Å². The van der Waals surface area contributed by atoms with Gasteiger partial charge in [-0.3, -0.25) is 15.1 Å². The molecular weight excluding hydrogens is 252 g/mol. The number of hydrogen-bond donors (Lipinski definition) is 0. The highest BCUT2D eigenvalue weighted by Crippen LogP contribution is 2.25. The van der Waals surface area contributed by atoms with E-state index in [-0.39, 0.29) is 5.69 Å². The average Bonchev–Trinajstić information content (AvgIpc) is 2.40. The Morgan fingerprint density at radius 3 is 2.61 bits per heavy atom. The fourth-order valence-electron chi connectivity index (χ4n) is 1.49. The Labute approximate surface area is 109 Å². The van der Waals surface area contributed by atoms with Gasteiger partial charge in [-0.2, -0.15) is 0 Å². The minimum Gasteiger partial charge on any atom is -0.258 e. The molecule has 0 aliphatic carbocycles. The van der Waals surface area contributed by atoms with Crippen molar-refractivity contribution in [1.29, 1.82) is 0 Å². The fourth-order valence-corrected chi connectivity index (χ4v) is 1.72. The van der Waals surface area contributed by atoms with E-state index in [1.807, 2.05) is 0 Å². The molecule has 0 aliphatic heterocycles. The molecule has 0 N–H and O–H groups in total. The number of pyridine rings is 1. The second-order valence-electron chi connectivity index (χ2n) is 3.52. The van der Waals surface area contributed by atoms with Gasteiger partial charge in [0.15, 0.2) is 0 Å². The first-order chi connectivity index (χ1) is 8.68. The number of nitro groups is 1. The number of nitro benzene ring substituents is 1. The van der Waals surface area contributed by atoms with E-state index in [1.54, 1.807) is 48.7 Å². The van der Waals surface area contributed by atoms with Crippen LogP contribution in [0, 0.1) is 10.1 Å². The van der Waals surface area contributed by atoms with E-state index < -0.39 is 4.92 Å². The van der Waals surface area contributed by atoms with Crippen molar-refractivity contribution in [3.63, 3.8) is 0 Å². The first kappa shape index (κ1) is 12.3. The third kappa shape index (κ3) is 2.73. The molecule has 5 heteroatoms. The Morgan fingerprint density at radius 2 is 1.94 bits per heavy atom. The normalized spacial score (nSPS) is 11.3. The van der Waals surface area contributed by atoms with Gasteiger partial charge in [-0.25, -0.2) is 0 Å². The van der Waals surface area contributed by atoms with Crippen LogP contribution in [0.5, 0.6) is 0 Å². The molecule has 0 fully saturated rings. The number of benzene rings is 1. The summed E-state index contributed by atoms with van der Waals surface area (Å²) >= 11 is 6.09. The van der Waals surface area contributed by atoms with Gasteiger partial charge in [0, 0.05) is 12.3 Å². The van der Waals surface area contributed by atoms with Crippen molar-refractivity contribution in [3.05, 3.63) is 70.0 Å². The number of hydrogen-bond acceptors (Lipinski definition) is 3. The SMILES string of the molecule is O=[N+]([O-])c1ccccc1/C=C(/Cl)c1ccccn1. The maximum absolute atomic E-state index is 10.9.